The fraction of sp³-hybridized carbons (Fsp3) is 0.222. The summed E-state index contributed by atoms with van der Waals surface area (Å²) in [6.07, 6.45) is 1.75. The molecule has 0 atom stereocenters. The highest BCUT2D eigenvalue weighted by Crippen LogP contribution is 2.17. The van der Waals surface area contributed by atoms with Crippen molar-refractivity contribution in [1.82, 2.24) is 15.0 Å². The molecule has 2 heterocycles. The fourth-order valence-electron chi connectivity index (χ4n) is 1.26. The number of aryl methyl sites for hydroxylation is 2. The van der Waals surface area contributed by atoms with Gasteiger partial charge < -0.3 is 0 Å². The van der Waals surface area contributed by atoms with E-state index >= 15 is 0 Å². The molecule has 0 N–H and O–H groups in total. The van der Waals surface area contributed by atoms with Crippen LogP contribution in [-0.4, -0.2) is 15.0 Å². The third-order valence-corrected chi connectivity index (χ3v) is 2.10. The number of pyridine rings is 1. The number of aromatic nitrogens is 3. The van der Waals surface area contributed by atoms with Crippen molar-refractivity contribution >= 4 is 22.6 Å². The van der Waals surface area contributed by atoms with Crippen LogP contribution in [-0.2, 0) is 0 Å². The maximum absolute atomic E-state index is 5.75. The zero-order valence-corrected chi connectivity index (χ0v) is 8.13. The Morgan fingerprint density at radius 3 is 2.69 bits per heavy atom. The zero-order chi connectivity index (χ0) is 9.42. The fourth-order valence-corrected chi connectivity index (χ4v) is 1.48. The van der Waals surface area contributed by atoms with Crippen molar-refractivity contribution in [2.24, 2.45) is 0 Å². The summed E-state index contributed by atoms with van der Waals surface area (Å²) in [5.74, 6) is 0. The summed E-state index contributed by atoms with van der Waals surface area (Å²) < 4.78 is 0. The molecule has 4 heteroatoms. The van der Waals surface area contributed by atoms with Crippen molar-refractivity contribution in [3.8, 4) is 0 Å². The molecule has 0 radical (unpaired) electrons. The lowest BCUT2D eigenvalue weighted by atomic mass is 10.2. The number of nitrogens with zero attached hydrogens (tertiary/aromatic N) is 3. The summed E-state index contributed by atoms with van der Waals surface area (Å²) in [4.78, 5) is 12.4. The van der Waals surface area contributed by atoms with E-state index in [0.717, 1.165) is 22.3 Å². The van der Waals surface area contributed by atoms with Gasteiger partial charge in [-0.2, -0.15) is 0 Å². The highest BCUT2D eigenvalue weighted by molar-refractivity contribution is 6.28. The van der Waals surface area contributed by atoms with Crippen LogP contribution in [0.15, 0.2) is 12.3 Å². The number of halogens is 1. The Morgan fingerprint density at radius 2 is 1.92 bits per heavy atom. The predicted octanol–water partition coefficient (Wildman–Crippen LogP) is 2.30. The summed E-state index contributed by atoms with van der Waals surface area (Å²) in [5.41, 5.74) is 3.54. The van der Waals surface area contributed by atoms with Gasteiger partial charge in [0.2, 0.25) is 5.28 Å². The Morgan fingerprint density at radius 1 is 1.15 bits per heavy atom. The highest BCUT2D eigenvalue weighted by atomic mass is 35.5. The summed E-state index contributed by atoms with van der Waals surface area (Å²) in [6.45, 7) is 3.86. The van der Waals surface area contributed by atoms with Crippen LogP contribution in [0.2, 0.25) is 5.28 Å². The Labute approximate surface area is 80.8 Å². The molecule has 2 aromatic heterocycles. The van der Waals surface area contributed by atoms with Crippen LogP contribution in [0.5, 0.6) is 0 Å². The number of hydrogen-bond donors (Lipinski definition) is 0. The largest absolute Gasteiger partial charge is 0.253 e. The molecule has 0 saturated carbocycles. The van der Waals surface area contributed by atoms with Crippen molar-refractivity contribution in [3.63, 3.8) is 0 Å². The van der Waals surface area contributed by atoms with E-state index in [2.05, 4.69) is 15.0 Å². The molecule has 0 spiro atoms. The Hall–Kier alpha value is -1.22. The van der Waals surface area contributed by atoms with Crippen molar-refractivity contribution in [1.29, 1.82) is 0 Å². The minimum absolute atomic E-state index is 0.279. The van der Waals surface area contributed by atoms with E-state index in [9.17, 15) is 0 Å². The van der Waals surface area contributed by atoms with Gasteiger partial charge in [-0.15, -0.1) is 0 Å². The quantitative estimate of drug-likeness (QED) is 0.603. The van der Waals surface area contributed by atoms with Gasteiger partial charge in [0.15, 0.2) is 0 Å². The first kappa shape index (κ1) is 8.38. The first-order chi connectivity index (χ1) is 6.18. The van der Waals surface area contributed by atoms with Crippen molar-refractivity contribution < 1.29 is 0 Å². The van der Waals surface area contributed by atoms with E-state index in [0.29, 0.717) is 0 Å². The van der Waals surface area contributed by atoms with Gasteiger partial charge in [-0.25, -0.2) is 9.97 Å². The second kappa shape index (κ2) is 2.92. The second-order valence-electron chi connectivity index (χ2n) is 2.90. The molecule has 2 aromatic rings. The van der Waals surface area contributed by atoms with Crippen LogP contribution in [0.1, 0.15) is 11.3 Å². The van der Waals surface area contributed by atoms with Gasteiger partial charge in [-0.3, -0.25) is 4.98 Å². The molecule has 0 aromatic carbocycles. The molecule has 0 aliphatic rings. The maximum atomic E-state index is 5.75. The van der Waals surface area contributed by atoms with Gasteiger partial charge in [0.05, 0.1) is 11.2 Å². The molecule has 66 valence electrons. The lowest BCUT2D eigenvalue weighted by Gasteiger charge is -2.02. The second-order valence-corrected chi connectivity index (χ2v) is 3.24. The van der Waals surface area contributed by atoms with Crippen LogP contribution >= 0.6 is 11.6 Å². The van der Waals surface area contributed by atoms with E-state index in [-0.39, 0.29) is 5.28 Å². The average molecular weight is 194 g/mol. The van der Waals surface area contributed by atoms with E-state index in [4.69, 9.17) is 11.6 Å². The molecule has 0 amide bonds. The molecule has 0 fully saturated rings. The van der Waals surface area contributed by atoms with E-state index in [1.807, 2.05) is 19.9 Å². The van der Waals surface area contributed by atoms with Gasteiger partial charge in [0, 0.05) is 6.20 Å². The minimum Gasteiger partial charge on any atom is -0.253 e. The smallest absolute Gasteiger partial charge is 0.223 e. The summed E-state index contributed by atoms with van der Waals surface area (Å²) in [5, 5.41) is 0.279. The van der Waals surface area contributed by atoms with Crippen LogP contribution in [0.4, 0.5) is 0 Å². The molecular formula is C9H8ClN3. The standard InChI is InChI=1S/C9H8ClN3/c1-5-3-4-11-8-6(2)12-9(10)13-7(5)8/h3-4H,1-2H3. The topological polar surface area (TPSA) is 38.7 Å². The molecule has 0 aliphatic carbocycles. The Bertz CT molecular complexity index is 468. The normalized spacial score (nSPS) is 10.7. The minimum atomic E-state index is 0.279. The van der Waals surface area contributed by atoms with Gasteiger partial charge in [0.25, 0.3) is 0 Å². The lowest BCUT2D eigenvalue weighted by molar-refractivity contribution is 1.12. The monoisotopic (exact) mass is 193 g/mol. The molecule has 0 aliphatic heterocycles. The molecule has 13 heavy (non-hydrogen) atoms. The predicted molar refractivity (Wildman–Crippen MR) is 51.8 cm³/mol. The van der Waals surface area contributed by atoms with Crippen LogP contribution in [0.25, 0.3) is 11.0 Å². The molecule has 0 bridgehead atoms. The molecule has 3 nitrogen and oxygen atoms in total. The van der Waals surface area contributed by atoms with Gasteiger partial charge in [-0.05, 0) is 37.1 Å². The summed E-state index contributed by atoms with van der Waals surface area (Å²) in [7, 11) is 0. The number of hydrogen-bond acceptors (Lipinski definition) is 3. The van der Waals surface area contributed by atoms with E-state index < -0.39 is 0 Å². The highest BCUT2D eigenvalue weighted by Gasteiger charge is 2.05. The Kier molecular flexibility index (Phi) is 1.88. The van der Waals surface area contributed by atoms with Crippen molar-refractivity contribution in [2.75, 3.05) is 0 Å². The molecule has 0 unspecified atom stereocenters. The summed E-state index contributed by atoms with van der Waals surface area (Å²) >= 11 is 5.75. The van der Waals surface area contributed by atoms with Crippen LogP contribution < -0.4 is 0 Å². The molecular weight excluding hydrogens is 186 g/mol. The van der Waals surface area contributed by atoms with Gasteiger partial charge >= 0.3 is 0 Å². The number of rotatable bonds is 0. The SMILES string of the molecule is Cc1ccnc2c(C)nc(Cl)nc12. The first-order valence-electron chi connectivity index (χ1n) is 3.94. The zero-order valence-electron chi connectivity index (χ0n) is 7.37. The first-order valence-corrected chi connectivity index (χ1v) is 4.32. The molecule has 2 rings (SSSR count). The lowest BCUT2D eigenvalue weighted by Crippen LogP contribution is -1.93. The summed E-state index contributed by atoms with van der Waals surface area (Å²) in [6, 6.07) is 1.91. The van der Waals surface area contributed by atoms with Gasteiger partial charge in [0.1, 0.15) is 5.52 Å². The van der Waals surface area contributed by atoms with Gasteiger partial charge in [-0.1, -0.05) is 0 Å². The third-order valence-electron chi connectivity index (χ3n) is 1.93. The maximum Gasteiger partial charge on any atom is 0.223 e. The number of fused-ring (bicyclic) bond motifs is 1. The van der Waals surface area contributed by atoms with E-state index in [1.165, 1.54) is 0 Å². The third kappa shape index (κ3) is 1.35. The van der Waals surface area contributed by atoms with Crippen molar-refractivity contribution in [3.05, 3.63) is 28.8 Å². The average Bonchev–Trinajstić information content (AvgIpc) is 2.07. The van der Waals surface area contributed by atoms with Crippen LogP contribution in [0.3, 0.4) is 0 Å². The van der Waals surface area contributed by atoms with Crippen molar-refractivity contribution in [2.45, 2.75) is 13.8 Å². The van der Waals surface area contributed by atoms with E-state index in [1.54, 1.807) is 6.20 Å². The molecule has 0 saturated heterocycles. The Balaban J connectivity index is 2.94. The van der Waals surface area contributed by atoms with Crippen LogP contribution in [0, 0.1) is 13.8 Å².